The SMILES string of the molecule is CC(C)NC(=O)c1cccc(C2=C(C(=O)OCOC(=O)C(C)(C)C)N3C(=O)[C@H]([C@@H](C)O)[C@H]3C2)c1. The molecule has 2 amide bonds. The van der Waals surface area contributed by atoms with Crippen molar-refractivity contribution in [2.45, 2.75) is 66.2 Å². The monoisotopic (exact) mass is 472 g/mol. The van der Waals surface area contributed by atoms with E-state index in [9.17, 15) is 24.3 Å². The Bertz CT molecular complexity index is 1040. The summed E-state index contributed by atoms with van der Waals surface area (Å²) in [5.41, 5.74) is 0.831. The van der Waals surface area contributed by atoms with E-state index in [4.69, 9.17) is 9.47 Å². The second-order valence-electron chi connectivity index (χ2n) is 10.0. The highest BCUT2D eigenvalue weighted by Crippen LogP contribution is 2.47. The van der Waals surface area contributed by atoms with E-state index in [1.54, 1.807) is 52.0 Å². The summed E-state index contributed by atoms with van der Waals surface area (Å²) in [5, 5.41) is 12.9. The normalized spacial score (nSPS) is 20.6. The number of carbonyl (C=O) groups is 4. The minimum absolute atomic E-state index is 0.0418. The summed E-state index contributed by atoms with van der Waals surface area (Å²) in [7, 11) is 0. The van der Waals surface area contributed by atoms with Crippen LogP contribution in [0.15, 0.2) is 30.0 Å². The third-order valence-corrected chi connectivity index (χ3v) is 5.81. The molecule has 0 unspecified atom stereocenters. The topological polar surface area (TPSA) is 122 Å². The van der Waals surface area contributed by atoms with Gasteiger partial charge in [0.1, 0.15) is 5.70 Å². The van der Waals surface area contributed by atoms with Gasteiger partial charge >= 0.3 is 11.9 Å². The lowest BCUT2D eigenvalue weighted by Gasteiger charge is -2.44. The number of fused-ring (bicyclic) bond motifs is 1. The van der Waals surface area contributed by atoms with Gasteiger partial charge in [0.2, 0.25) is 12.7 Å². The van der Waals surface area contributed by atoms with Crippen LogP contribution >= 0.6 is 0 Å². The number of esters is 2. The Morgan fingerprint density at radius 2 is 1.85 bits per heavy atom. The quantitative estimate of drug-likeness (QED) is 0.354. The molecule has 1 fully saturated rings. The Kier molecular flexibility index (Phi) is 7.16. The molecule has 0 aromatic heterocycles. The number of hydrogen-bond acceptors (Lipinski definition) is 7. The maximum atomic E-state index is 13.0. The Balaban J connectivity index is 1.90. The number of nitrogens with one attached hydrogen (secondary N) is 1. The van der Waals surface area contributed by atoms with Gasteiger partial charge in [-0.3, -0.25) is 14.4 Å². The molecule has 2 aliphatic heterocycles. The van der Waals surface area contributed by atoms with Crippen LogP contribution in [-0.4, -0.2) is 58.7 Å². The molecule has 9 heteroatoms. The number of aliphatic hydroxyl groups excluding tert-OH is 1. The van der Waals surface area contributed by atoms with Gasteiger partial charge in [-0.2, -0.15) is 0 Å². The van der Waals surface area contributed by atoms with Gasteiger partial charge in [-0.05, 0) is 71.2 Å². The van der Waals surface area contributed by atoms with E-state index >= 15 is 0 Å². The molecule has 0 spiro atoms. The number of β-lactam (4-membered cyclic amide) rings is 1. The molecular formula is C25H32N2O7. The van der Waals surface area contributed by atoms with Crippen molar-refractivity contribution in [2.75, 3.05) is 6.79 Å². The second-order valence-corrected chi connectivity index (χ2v) is 10.0. The van der Waals surface area contributed by atoms with Crippen LogP contribution in [0.1, 0.15) is 63.9 Å². The summed E-state index contributed by atoms with van der Waals surface area (Å²) in [6.07, 6.45) is -0.552. The fourth-order valence-corrected chi connectivity index (χ4v) is 4.13. The van der Waals surface area contributed by atoms with E-state index in [0.29, 0.717) is 23.1 Å². The predicted molar refractivity (Wildman–Crippen MR) is 123 cm³/mol. The molecule has 0 bridgehead atoms. The predicted octanol–water partition coefficient (Wildman–Crippen LogP) is 2.24. The third kappa shape index (κ3) is 4.99. The molecule has 2 heterocycles. The minimum Gasteiger partial charge on any atom is -0.427 e. The number of nitrogens with zero attached hydrogens (tertiary/aromatic N) is 1. The Morgan fingerprint density at radius 3 is 2.44 bits per heavy atom. The first-order valence-corrected chi connectivity index (χ1v) is 11.3. The molecule has 2 N–H and O–H groups in total. The molecule has 0 saturated carbocycles. The van der Waals surface area contributed by atoms with Gasteiger partial charge < -0.3 is 24.8 Å². The zero-order valence-corrected chi connectivity index (χ0v) is 20.4. The molecule has 3 atom stereocenters. The fourth-order valence-electron chi connectivity index (χ4n) is 4.13. The van der Waals surface area contributed by atoms with Crippen LogP contribution in [0.3, 0.4) is 0 Å². The average molecular weight is 473 g/mol. The number of ether oxygens (including phenoxy) is 2. The standard InChI is InChI=1S/C25H32N2O7/c1-13(2)26-21(29)16-9-7-8-15(10-16)17-11-18-19(14(3)28)22(30)27(18)20(17)23(31)33-12-34-24(32)25(4,5)6/h7-10,13-14,18-19,28H,11-12H2,1-6H3,(H,26,29)/t14-,18-,19-/m1/s1. The van der Waals surface area contributed by atoms with Crippen LogP contribution in [0.25, 0.3) is 5.57 Å². The van der Waals surface area contributed by atoms with E-state index in [0.717, 1.165) is 0 Å². The summed E-state index contributed by atoms with van der Waals surface area (Å²) < 4.78 is 10.2. The Hall–Kier alpha value is -3.20. The molecule has 0 aliphatic carbocycles. The van der Waals surface area contributed by atoms with Crippen LogP contribution in [0.5, 0.6) is 0 Å². The maximum absolute atomic E-state index is 13.0. The van der Waals surface area contributed by atoms with Crippen molar-refractivity contribution in [3.05, 3.63) is 41.1 Å². The molecule has 3 rings (SSSR count). The lowest BCUT2D eigenvalue weighted by atomic mass is 9.82. The lowest BCUT2D eigenvalue weighted by Crippen LogP contribution is -2.61. The van der Waals surface area contributed by atoms with Crippen LogP contribution in [0.4, 0.5) is 0 Å². The van der Waals surface area contributed by atoms with Crippen molar-refractivity contribution in [2.24, 2.45) is 11.3 Å². The number of rotatable bonds is 7. The summed E-state index contributed by atoms with van der Waals surface area (Å²) in [4.78, 5) is 51.6. The highest BCUT2D eigenvalue weighted by molar-refractivity contribution is 6.07. The van der Waals surface area contributed by atoms with Crippen LogP contribution in [-0.2, 0) is 23.9 Å². The van der Waals surface area contributed by atoms with Crippen LogP contribution < -0.4 is 5.32 Å². The zero-order valence-electron chi connectivity index (χ0n) is 20.4. The van der Waals surface area contributed by atoms with Crippen molar-refractivity contribution in [1.82, 2.24) is 10.2 Å². The lowest BCUT2D eigenvalue weighted by molar-refractivity contribution is -0.175. The van der Waals surface area contributed by atoms with Crippen molar-refractivity contribution in [1.29, 1.82) is 0 Å². The van der Waals surface area contributed by atoms with Gasteiger partial charge in [-0.25, -0.2) is 4.79 Å². The van der Waals surface area contributed by atoms with Gasteiger partial charge in [0.15, 0.2) is 0 Å². The van der Waals surface area contributed by atoms with Crippen LogP contribution in [0, 0.1) is 11.3 Å². The van der Waals surface area contributed by atoms with E-state index in [1.807, 2.05) is 13.8 Å². The number of benzene rings is 1. The van der Waals surface area contributed by atoms with E-state index in [-0.39, 0.29) is 23.6 Å². The van der Waals surface area contributed by atoms with Crippen molar-refractivity contribution < 1.29 is 33.8 Å². The van der Waals surface area contributed by atoms with Gasteiger partial charge in [-0.1, -0.05) is 12.1 Å². The minimum atomic E-state index is -0.874. The first kappa shape index (κ1) is 25.4. The van der Waals surface area contributed by atoms with Crippen molar-refractivity contribution in [3.8, 4) is 0 Å². The molecule has 0 radical (unpaired) electrons. The van der Waals surface area contributed by atoms with Gasteiger partial charge in [0.25, 0.3) is 5.91 Å². The van der Waals surface area contributed by atoms with E-state index in [1.165, 1.54) is 4.90 Å². The third-order valence-electron chi connectivity index (χ3n) is 5.81. The number of amides is 2. The maximum Gasteiger partial charge on any atom is 0.358 e. The summed E-state index contributed by atoms with van der Waals surface area (Å²) in [5.74, 6) is -2.60. The molecule has 184 valence electrons. The largest absolute Gasteiger partial charge is 0.427 e. The Morgan fingerprint density at radius 1 is 1.18 bits per heavy atom. The number of aliphatic hydroxyl groups is 1. The van der Waals surface area contributed by atoms with Crippen LogP contribution in [0.2, 0.25) is 0 Å². The molecule has 1 saturated heterocycles. The van der Waals surface area contributed by atoms with Gasteiger partial charge in [0.05, 0.1) is 23.5 Å². The molecule has 2 aliphatic rings. The first-order chi connectivity index (χ1) is 15.8. The van der Waals surface area contributed by atoms with Crippen molar-refractivity contribution in [3.63, 3.8) is 0 Å². The molecular weight excluding hydrogens is 440 g/mol. The Labute approximate surface area is 199 Å². The number of carbonyl (C=O) groups excluding carboxylic acids is 4. The van der Waals surface area contributed by atoms with E-state index in [2.05, 4.69) is 5.32 Å². The smallest absolute Gasteiger partial charge is 0.358 e. The summed E-state index contributed by atoms with van der Waals surface area (Å²) >= 11 is 0. The summed E-state index contributed by atoms with van der Waals surface area (Å²) in [6, 6.07) is 6.34. The molecule has 1 aromatic carbocycles. The fraction of sp³-hybridized carbons (Fsp3) is 0.520. The molecule has 9 nitrogen and oxygen atoms in total. The average Bonchev–Trinajstić information content (AvgIpc) is 3.07. The number of hydrogen-bond donors (Lipinski definition) is 2. The summed E-state index contributed by atoms with van der Waals surface area (Å²) in [6.45, 7) is 9.70. The second kappa shape index (κ2) is 9.58. The highest BCUT2D eigenvalue weighted by Gasteiger charge is 2.57. The van der Waals surface area contributed by atoms with E-state index < -0.39 is 42.2 Å². The zero-order chi connectivity index (χ0) is 25.4. The highest BCUT2D eigenvalue weighted by atomic mass is 16.7. The molecule has 34 heavy (non-hydrogen) atoms. The molecule has 1 aromatic rings. The van der Waals surface area contributed by atoms with Gasteiger partial charge in [-0.15, -0.1) is 0 Å². The van der Waals surface area contributed by atoms with Crippen molar-refractivity contribution >= 4 is 29.3 Å². The van der Waals surface area contributed by atoms with Gasteiger partial charge in [0, 0.05) is 11.6 Å². The first-order valence-electron chi connectivity index (χ1n) is 11.3.